The monoisotopic (exact) mass is 1020 g/mol. The van der Waals surface area contributed by atoms with Crippen molar-refractivity contribution in [1.29, 1.82) is 0 Å². The third-order valence-corrected chi connectivity index (χ3v) is 14.5. The van der Waals surface area contributed by atoms with Crippen LogP contribution in [-0.4, -0.2) is 27.6 Å². The van der Waals surface area contributed by atoms with Crippen LogP contribution in [0, 0.1) is 25.0 Å². The van der Waals surface area contributed by atoms with Crippen LogP contribution >= 0.6 is 0 Å². The number of benzene rings is 5. The van der Waals surface area contributed by atoms with Crippen molar-refractivity contribution in [2.45, 2.75) is 91.3 Å². The third-order valence-electron chi connectivity index (χ3n) is 12.4. The van der Waals surface area contributed by atoms with Crippen LogP contribution in [0.5, 0.6) is 0 Å². The van der Waals surface area contributed by atoms with Crippen molar-refractivity contribution in [3.63, 3.8) is 0 Å². The molecule has 0 amide bonds. The van der Waals surface area contributed by atoms with E-state index in [1.54, 1.807) is 10.8 Å². The first kappa shape index (κ1) is 44.2. The van der Waals surface area contributed by atoms with E-state index in [0.29, 0.717) is 5.71 Å². The standard InChI is InChI=1S/C35H28N3O.C21H28NSi.Ir/c1-22-17-19-26-25-13-10-14-27(32(25)39-34(26)36-22)33-37-29-15-8-9-16-31(29)38(33)30-20-18-24(35(2,3)4)21-28(30)23-11-6-5-7-12-23;1-23(2,3)21-16-22-20(18-12-8-5-9-13-18)15-19(21)14-17-10-6-4-7-11-17;/h5-13,15-21H,1-4H3;5,8-9,12,15-17H,4,6-7,10-11,14H2,1-3H3;/q2*-1;. The van der Waals surface area contributed by atoms with Gasteiger partial charge in [0, 0.05) is 48.6 Å². The first-order chi connectivity index (χ1) is 29.9. The summed E-state index contributed by atoms with van der Waals surface area (Å²) in [4.78, 5) is 14.6. The fourth-order valence-electron chi connectivity index (χ4n) is 9.11. The Kier molecular flexibility index (Phi) is 12.8. The average Bonchev–Trinajstić information content (AvgIpc) is 3.85. The molecule has 5 aromatic carbocycles. The number of aromatic nitrogens is 4. The Balaban J connectivity index is 0.000000194. The summed E-state index contributed by atoms with van der Waals surface area (Å²) in [5.74, 6) is 1.66. The van der Waals surface area contributed by atoms with E-state index in [9.17, 15) is 0 Å². The van der Waals surface area contributed by atoms with Crippen molar-refractivity contribution < 1.29 is 24.5 Å². The maximum atomic E-state index is 6.39. The van der Waals surface area contributed by atoms with Crippen LogP contribution in [0.3, 0.4) is 0 Å². The van der Waals surface area contributed by atoms with Crippen LogP contribution in [-0.2, 0) is 31.9 Å². The van der Waals surface area contributed by atoms with Crippen molar-refractivity contribution in [2.75, 3.05) is 0 Å². The van der Waals surface area contributed by atoms with Crippen LogP contribution in [0.1, 0.15) is 69.7 Å². The molecule has 0 unspecified atom stereocenters. The van der Waals surface area contributed by atoms with Gasteiger partial charge in [-0.05, 0) is 83.1 Å². The maximum Gasteiger partial charge on any atom is 0.216 e. The van der Waals surface area contributed by atoms with E-state index in [2.05, 4.69) is 159 Å². The zero-order valence-corrected chi connectivity index (χ0v) is 40.9. The molecule has 0 saturated heterocycles. The molecule has 0 bridgehead atoms. The predicted molar refractivity (Wildman–Crippen MR) is 261 cm³/mol. The van der Waals surface area contributed by atoms with Gasteiger partial charge in [0.1, 0.15) is 0 Å². The quantitative estimate of drug-likeness (QED) is 0.118. The Morgan fingerprint density at radius 3 is 2.27 bits per heavy atom. The van der Waals surface area contributed by atoms with Gasteiger partial charge in [0.2, 0.25) is 5.71 Å². The molecule has 0 N–H and O–H groups in total. The number of imidazole rings is 1. The van der Waals surface area contributed by atoms with E-state index in [-0.39, 0.29) is 25.5 Å². The normalized spacial score (nSPS) is 13.5. The molecule has 1 fully saturated rings. The van der Waals surface area contributed by atoms with E-state index in [1.807, 2.05) is 43.3 Å². The molecule has 1 aliphatic carbocycles. The van der Waals surface area contributed by atoms with Gasteiger partial charge in [-0.2, -0.15) is 0 Å². The Morgan fingerprint density at radius 2 is 1.52 bits per heavy atom. The molecule has 321 valence electrons. The van der Waals surface area contributed by atoms with Crippen molar-refractivity contribution in [1.82, 2.24) is 19.5 Å². The Hall–Kier alpha value is -5.46. The molecule has 1 aliphatic rings. The van der Waals surface area contributed by atoms with Gasteiger partial charge in [-0.15, -0.1) is 54.1 Å². The smallest absolute Gasteiger partial charge is 0.216 e. The molecule has 4 heterocycles. The molecule has 5 nitrogen and oxygen atoms in total. The molecular formula is C56H56IrN4OSi-2. The van der Waals surface area contributed by atoms with Gasteiger partial charge in [0.25, 0.3) is 0 Å². The molecule has 4 aromatic heterocycles. The zero-order chi connectivity index (χ0) is 43.0. The number of rotatable bonds is 7. The molecule has 0 atom stereocenters. The number of hydrogen-bond donors (Lipinski definition) is 0. The molecule has 9 aromatic rings. The summed E-state index contributed by atoms with van der Waals surface area (Å²) in [7, 11) is -1.36. The van der Waals surface area contributed by atoms with Crippen LogP contribution in [0.25, 0.3) is 72.6 Å². The molecule has 1 saturated carbocycles. The Morgan fingerprint density at radius 1 is 0.762 bits per heavy atom. The predicted octanol–water partition coefficient (Wildman–Crippen LogP) is 14.3. The number of hydrogen-bond acceptors (Lipinski definition) is 4. The van der Waals surface area contributed by atoms with Crippen LogP contribution in [0.15, 0.2) is 138 Å². The van der Waals surface area contributed by atoms with Crippen molar-refractivity contribution in [3.8, 4) is 39.5 Å². The number of pyridine rings is 2. The first-order valence-corrected chi connectivity index (χ1v) is 25.8. The summed E-state index contributed by atoms with van der Waals surface area (Å²) >= 11 is 0. The number of para-hydroxylation sites is 2. The van der Waals surface area contributed by atoms with Crippen LogP contribution < -0.4 is 5.19 Å². The van der Waals surface area contributed by atoms with Gasteiger partial charge in [0.05, 0.1) is 30.5 Å². The fourth-order valence-corrected chi connectivity index (χ4v) is 10.7. The Labute approximate surface area is 387 Å². The minimum Gasteiger partial charge on any atom is -0.486 e. The van der Waals surface area contributed by atoms with Crippen molar-refractivity contribution in [2.24, 2.45) is 5.92 Å². The number of furan rings is 1. The summed E-state index contributed by atoms with van der Waals surface area (Å²) in [6, 6.07) is 51.1. The van der Waals surface area contributed by atoms with Crippen molar-refractivity contribution in [3.05, 3.63) is 163 Å². The number of fused-ring (bicyclic) bond motifs is 4. The van der Waals surface area contributed by atoms with E-state index in [4.69, 9.17) is 14.4 Å². The minimum absolute atomic E-state index is 0. The van der Waals surface area contributed by atoms with Gasteiger partial charge in [-0.1, -0.05) is 144 Å². The fraction of sp³-hybridized carbons (Fsp3) is 0.268. The summed E-state index contributed by atoms with van der Waals surface area (Å²) in [5, 5.41) is 3.55. The topological polar surface area (TPSA) is 56.7 Å². The van der Waals surface area contributed by atoms with E-state index in [1.165, 1.54) is 44.1 Å². The summed E-state index contributed by atoms with van der Waals surface area (Å²) in [6.45, 7) is 16.0. The van der Waals surface area contributed by atoms with Gasteiger partial charge >= 0.3 is 0 Å². The van der Waals surface area contributed by atoms with Gasteiger partial charge in [-0.3, -0.25) is 4.98 Å². The van der Waals surface area contributed by atoms with Crippen molar-refractivity contribution >= 4 is 46.4 Å². The second-order valence-electron chi connectivity index (χ2n) is 19.1. The third kappa shape index (κ3) is 9.29. The first-order valence-electron chi connectivity index (χ1n) is 22.3. The van der Waals surface area contributed by atoms with E-state index >= 15 is 0 Å². The molecular weight excluding hydrogens is 965 g/mol. The number of aryl methyl sites for hydroxylation is 1. The zero-order valence-electron chi connectivity index (χ0n) is 37.6. The molecule has 7 heteroatoms. The second-order valence-corrected chi connectivity index (χ2v) is 24.1. The van der Waals surface area contributed by atoms with Gasteiger partial charge in [-0.25, -0.2) is 4.98 Å². The van der Waals surface area contributed by atoms with Crippen LogP contribution in [0.4, 0.5) is 0 Å². The van der Waals surface area contributed by atoms with Crippen LogP contribution in [0.2, 0.25) is 19.6 Å². The average molecular weight is 1020 g/mol. The molecule has 10 rings (SSSR count). The minimum atomic E-state index is -1.36. The summed E-state index contributed by atoms with van der Waals surface area (Å²) < 4.78 is 8.64. The maximum absolute atomic E-state index is 6.39. The Bertz CT molecular complexity index is 3010. The van der Waals surface area contributed by atoms with E-state index in [0.717, 1.165) is 78.5 Å². The van der Waals surface area contributed by atoms with Gasteiger partial charge < -0.3 is 14.0 Å². The summed E-state index contributed by atoms with van der Waals surface area (Å²) in [5.41, 5.74) is 13.5. The number of nitrogens with zero attached hydrogens (tertiary/aromatic N) is 4. The van der Waals surface area contributed by atoms with Gasteiger partial charge in [0.15, 0.2) is 0 Å². The van der Waals surface area contributed by atoms with E-state index < -0.39 is 8.07 Å². The molecule has 1 radical (unpaired) electrons. The largest absolute Gasteiger partial charge is 0.486 e. The second kappa shape index (κ2) is 18.3. The molecule has 0 spiro atoms. The molecule has 0 aliphatic heterocycles. The summed E-state index contributed by atoms with van der Waals surface area (Å²) in [6.07, 6.45) is 10.5. The SMILES string of the molecule is C[Si](C)(C)c1cnc(-c2[c-]cccc2)cc1CC1CCCCC1.Cc1ccc2c(n1)oc1c(-c3nc4ccccc4n3-c3ccc(C(C)(C)C)cc3-c3ccccc3)[c-]ccc12.[Ir]. The molecule has 63 heavy (non-hydrogen) atoms.